The van der Waals surface area contributed by atoms with Gasteiger partial charge in [-0.25, -0.2) is 4.79 Å². The standard InChI is InChI=1S/C14H20N2O2/c1-15-9-13-7-8-16(10-13)14(17)18-11-12-5-3-2-4-6-12/h2-6,13,15H,7-11H2,1H3/t13-/m1/s1. The SMILES string of the molecule is CNC[C@H]1CCN(C(=O)OCc2ccccc2)C1. The molecule has 0 unspecified atom stereocenters. The summed E-state index contributed by atoms with van der Waals surface area (Å²) >= 11 is 0. The Kier molecular flexibility index (Phi) is 4.59. The number of carbonyl (C=O) groups excluding carboxylic acids is 1. The first kappa shape index (κ1) is 12.9. The van der Waals surface area contributed by atoms with Gasteiger partial charge in [0.05, 0.1) is 0 Å². The van der Waals surface area contributed by atoms with Gasteiger partial charge in [0.25, 0.3) is 0 Å². The fourth-order valence-corrected chi connectivity index (χ4v) is 2.26. The number of nitrogens with one attached hydrogen (secondary N) is 1. The molecule has 1 fully saturated rings. The van der Waals surface area contributed by atoms with E-state index in [0.29, 0.717) is 12.5 Å². The molecule has 1 amide bonds. The number of hydrogen-bond acceptors (Lipinski definition) is 3. The van der Waals surface area contributed by atoms with Crippen LogP contribution in [0.4, 0.5) is 4.79 Å². The third kappa shape index (κ3) is 3.47. The average molecular weight is 248 g/mol. The van der Waals surface area contributed by atoms with E-state index < -0.39 is 0 Å². The average Bonchev–Trinajstić information content (AvgIpc) is 2.86. The molecule has 1 aromatic rings. The van der Waals surface area contributed by atoms with E-state index >= 15 is 0 Å². The summed E-state index contributed by atoms with van der Waals surface area (Å²) in [6.45, 7) is 2.92. The first-order valence-corrected chi connectivity index (χ1v) is 6.40. The maximum atomic E-state index is 11.9. The molecule has 1 saturated heterocycles. The summed E-state index contributed by atoms with van der Waals surface area (Å²) in [5, 5.41) is 3.15. The largest absolute Gasteiger partial charge is 0.445 e. The number of hydrogen-bond donors (Lipinski definition) is 1. The Bertz CT molecular complexity index is 381. The summed E-state index contributed by atoms with van der Waals surface area (Å²) in [5.41, 5.74) is 1.02. The lowest BCUT2D eigenvalue weighted by Gasteiger charge is -2.16. The van der Waals surface area contributed by atoms with Crippen LogP contribution in [0.25, 0.3) is 0 Å². The highest BCUT2D eigenvalue weighted by atomic mass is 16.6. The maximum absolute atomic E-state index is 11.9. The fourth-order valence-electron chi connectivity index (χ4n) is 2.26. The van der Waals surface area contributed by atoms with Crippen molar-refractivity contribution in [3.63, 3.8) is 0 Å². The van der Waals surface area contributed by atoms with Crippen molar-refractivity contribution in [2.24, 2.45) is 5.92 Å². The molecular weight excluding hydrogens is 228 g/mol. The lowest BCUT2D eigenvalue weighted by atomic mass is 10.1. The van der Waals surface area contributed by atoms with Crippen molar-refractivity contribution < 1.29 is 9.53 Å². The Morgan fingerprint density at radius 3 is 2.94 bits per heavy atom. The Hall–Kier alpha value is -1.55. The molecule has 0 radical (unpaired) electrons. The number of carbonyl (C=O) groups is 1. The van der Waals surface area contributed by atoms with E-state index in [2.05, 4.69) is 5.32 Å². The minimum absolute atomic E-state index is 0.197. The normalized spacial score (nSPS) is 18.9. The van der Waals surface area contributed by atoms with E-state index in [-0.39, 0.29) is 6.09 Å². The molecule has 4 nitrogen and oxygen atoms in total. The van der Waals surface area contributed by atoms with Gasteiger partial charge in [-0.2, -0.15) is 0 Å². The van der Waals surface area contributed by atoms with E-state index in [9.17, 15) is 4.79 Å². The third-order valence-corrected chi connectivity index (χ3v) is 3.24. The summed E-state index contributed by atoms with van der Waals surface area (Å²) in [5.74, 6) is 0.555. The Morgan fingerprint density at radius 1 is 1.44 bits per heavy atom. The zero-order chi connectivity index (χ0) is 12.8. The number of benzene rings is 1. The van der Waals surface area contributed by atoms with Crippen molar-refractivity contribution in [2.45, 2.75) is 13.0 Å². The summed E-state index contributed by atoms with van der Waals surface area (Å²) in [7, 11) is 1.94. The number of likely N-dealkylation sites (tertiary alicyclic amines) is 1. The van der Waals surface area contributed by atoms with Crippen LogP contribution < -0.4 is 5.32 Å². The topological polar surface area (TPSA) is 41.6 Å². The minimum Gasteiger partial charge on any atom is -0.445 e. The Balaban J connectivity index is 1.76. The second kappa shape index (κ2) is 6.40. The molecule has 1 atom stereocenters. The summed E-state index contributed by atoms with van der Waals surface area (Å²) in [6, 6.07) is 9.76. The molecule has 98 valence electrons. The smallest absolute Gasteiger partial charge is 0.410 e. The zero-order valence-corrected chi connectivity index (χ0v) is 10.8. The highest BCUT2D eigenvalue weighted by molar-refractivity contribution is 5.68. The van der Waals surface area contributed by atoms with E-state index in [1.165, 1.54) is 0 Å². The van der Waals surface area contributed by atoms with Crippen LogP contribution in [0.3, 0.4) is 0 Å². The van der Waals surface area contributed by atoms with E-state index in [1.807, 2.05) is 37.4 Å². The highest BCUT2D eigenvalue weighted by Gasteiger charge is 2.26. The molecule has 1 aliphatic rings. The number of rotatable bonds is 4. The van der Waals surface area contributed by atoms with Crippen molar-refractivity contribution in [1.29, 1.82) is 0 Å². The van der Waals surface area contributed by atoms with Crippen LogP contribution in [-0.4, -0.2) is 37.7 Å². The second-order valence-electron chi connectivity index (χ2n) is 4.70. The van der Waals surface area contributed by atoms with Crippen LogP contribution in [0.2, 0.25) is 0 Å². The van der Waals surface area contributed by atoms with Crippen LogP contribution in [0.1, 0.15) is 12.0 Å². The predicted molar refractivity (Wildman–Crippen MR) is 70.2 cm³/mol. The van der Waals surface area contributed by atoms with Gasteiger partial charge in [0.15, 0.2) is 0 Å². The molecule has 1 N–H and O–H groups in total. The van der Waals surface area contributed by atoms with Crippen LogP contribution in [-0.2, 0) is 11.3 Å². The fraction of sp³-hybridized carbons (Fsp3) is 0.500. The van der Waals surface area contributed by atoms with Crippen molar-refractivity contribution in [3.8, 4) is 0 Å². The molecule has 0 aromatic heterocycles. The van der Waals surface area contributed by atoms with Gasteiger partial charge in [0, 0.05) is 13.1 Å². The lowest BCUT2D eigenvalue weighted by molar-refractivity contribution is 0.103. The summed E-state index contributed by atoms with van der Waals surface area (Å²) in [4.78, 5) is 13.6. The van der Waals surface area contributed by atoms with Crippen molar-refractivity contribution in [2.75, 3.05) is 26.7 Å². The Morgan fingerprint density at radius 2 is 2.22 bits per heavy atom. The van der Waals surface area contributed by atoms with E-state index in [4.69, 9.17) is 4.74 Å². The molecule has 1 aliphatic heterocycles. The summed E-state index contributed by atoms with van der Waals surface area (Å²) < 4.78 is 5.31. The van der Waals surface area contributed by atoms with Crippen LogP contribution >= 0.6 is 0 Å². The minimum atomic E-state index is -0.197. The molecule has 0 spiro atoms. The monoisotopic (exact) mass is 248 g/mol. The molecule has 1 heterocycles. The van der Waals surface area contributed by atoms with Crippen molar-refractivity contribution in [1.82, 2.24) is 10.2 Å². The number of ether oxygens (including phenoxy) is 1. The third-order valence-electron chi connectivity index (χ3n) is 3.24. The molecule has 2 rings (SSSR count). The molecule has 18 heavy (non-hydrogen) atoms. The van der Waals surface area contributed by atoms with Crippen LogP contribution in [0, 0.1) is 5.92 Å². The number of nitrogens with zero attached hydrogens (tertiary/aromatic N) is 1. The second-order valence-corrected chi connectivity index (χ2v) is 4.70. The first-order valence-electron chi connectivity index (χ1n) is 6.40. The lowest BCUT2D eigenvalue weighted by Crippen LogP contribution is -2.30. The number of amides is 1. The summed E-state index contributed by atoms with van der Waals surface area (Å²) in [6.07, 6.45) is 0.860. The van der Waals surface area contributed by atoms with Crippen LogP contribution in [0.15, 0.2) is 30.3 Å². The van der Waals surface area contributed by atoms with Gasteiger partial charge in [0.2, 0.25) is 0 Å². The molecule has 4 heteroatoms. The molecule has 0 aliphatic carbocycles. The molecule has 1 aromatic carbocycles. The zero-order valence-electron chi connectivity index (χ0n) is 10.8. The highest BCUT2D eigenvalue weighted by Crippen LogP contribution is 2.16. The van der Waals surface area contributed by atoms with Gasteiger partial charge >= 0.3 is 6.09 Å². The van der Waals surface area contributed by atoms with Gasteiger partial charge < -0.3 is 15.0 Å². The molecule has 0 bridgehead atoms. The van der Waals surface area contributed by atoms with Gasteiger partial charge in [-0.05, 0) is 31.5 Å². The molecular formula is C14H20N2O2. The quantitative estimate of drug-likeness (QED) is 0.884. The van der Waals surface area contributed by atoms with Gasteiger partial charge in [-0.3, -0.25) is 0 Å². The first-order chi connectivity index (χ1) is 8.79. The maximum Gasteiger partial charge on any atom is 0.410 e. The van der Waals surface area contributed by atoms with E-state index in [1.54, 1.807) is 4.90 Å². The van der Waals surface area contributed by atoms with Gasteiger partial charge in [-0.15, -0.1) is 0 Å². The van der Waals surface area contributed by atoms with Crippen molar-refractivity contribution >= 4 is 6.09 Å². The predicted octanol–water partition coefficient (Wildman–Crippen LogP) is 1.86. The van der Waals surface area contributed by atoms with Gasteiger partial charge in [0.1, 0.15) is 6.61 Å². The van der Waals surface area contributed by atoms with Crippen LogP contribution in [0.5, 0.6) is 0 Å². The molecule has 0 saturated carbocycles. The van der Waals surface area contributed by atoms with E-state index in [0.717, 1.165) is 31.6 Å². The van der Waals surface area contributed by atoms with Crippen molar-refractivity contribution in [3.05, 3.63) is 35.9 Å². The van der Waals surface area contributed by atoms with Gasteiger partial charge in [-0.1, -0.05) is 30.3 Å². The Labute approximate surface area is 108 Å².